The van der Waals surface area contributed by atoms with Crippen molar-refractivity contribution in [3.63, 3.8) is 0 Å². The fourth-order valence-electron chi connectivity index (χ4n) is 2.65. The molecule has 0 aliphatic heterocycles. The van der Waals surface area contributed by atoms with E-state index in [2.05, 4.69) is 9.47 Å². The van der Waals surface area contributed by atoms with Gasteiger partial charge in [0.1, 0.15) is 0 Å². The maximum Gasteiger partial charge on any atom is 0.328 e. The van der Waals surface area contributed by atoms with Gasteiger partial charge in [0, 0.05) is 0 Å². The summed E-state index contributed by atoms with van der Waals surface area (Å²) in [6, 6.07) is 11.2. The molecule has 2 aromatic rings. The van der Waals surface area contributed by atoms with Crippen LogP contribution in [0.2, 0.25) is 0 Å². The lowest BCUT2D eigenvalue weighted by Gasteiger charge is -2.27. The van der Waals surface area contributed by atoms with Gasteiger partial charge in [-0.15, -0.1) is 0 Å². The molecule has 0 atom stereocenters. The molecule has 0 fully saturated rings. The number of rotatable bonds is 10. The van der Waals surface area contributed by atoms with Gasteiger partial charge in [-0.05, 0) is 38.1 Å². The van der Waals surface area contributed by atoms with Crippen molar-refractivity contribution in [1.29, 1.82) is 0 Å². The lowest BCUT2D eigenvalue weighted by Crippen LogP contribution is -2.49. The Morgan fingerprint density at radius 1 is 0.667 bits per heavy atom. The van der Waals surface area contributed by atoms with Crippen LogP contribution in [0.15, 0.2) is 58.3 Å². The van der Waals surface area contributed by atoms with Gasteiger partial charge in [-0.2, -0.15) is 16.8 Å². The molecule has 0 aromatic heterocycles. The van der Waals surface area contributed by atoms with Crippen molar-refractivity contribution in [2.45, 2.75) is 23.6 Å². The Kier molecular flexibility index (Phi) is 8.36. The Morgan fingerprint density at radius 3 is 1.24 bits per heavy atom. The predicted octanol–water partition coefficient (Wildman–Crippen LogP) is 1.75. The lowest BCUT2D eigenvalue weighted by molar-refractivity contribution is -0.173. The van der Waals surface area contributed by atoms with Gasteiger partial charge >= 0.3 is 11.9 Å². The Bertz CT molecular complexity index is 1100. The van der Waals surface area contributed by atoms with E-state index >= 15 is 0 Å². The van der Waals surface area contributed by atoms with Gasteiger partial charge in [-0.1, -0.05) is 35.4 Å². The molecule has 0 bridgehead atoms. The number of benzene rings is 2. The average Bonchev–Trinajstić information content (AvgIpc) is 2.79. The molecule has 33 heavy (non-hydrogen) atoms. The Labute approximate surface area is 192 Å². The number of hydrogen-bond donors (Lipinski definition) is 0. The van der Waals surface area contributed by atoms with Crippen molar-refractivity contribution in [3.05, 3.63) is 59.7 Å². The Morgan fingerprint density at radius 2 is 0.970 bits per heavy atom. The first-order valence-corrected chi connectivity index (χ1v) is 12.3. The summed E-state index contributed by atoms with van der Waals surface area (Å²) < 4.78 is 69.5. The lowest BCUT2D eigenvalue weighted by atomic mass is 9.90. The van der Waals surface area contributed by atoms with Gasteiger partial charge in [0.25, 0.3) is 20.2 Å². The minimum absolute atomic E-state index is 0.232. The van der Waals surface area contributed by atoms with Crippen LogP contribution < -0.4 is 0 Å². The maximum atomic E-state index is 12.6. The second-order valence-electron chi connectivity index (χ2n) is 7.12. The minimum Gasteiger partial charge on any atom is -0.468 e. The fourth-order valence-corrected chi connectivity index (χ4v) is 4.58. The van der Waals surface area contributed by atoms with E-state index in [9.17, 15) is 26.4 Å². The molecule has 2 aromatic carbocycles. The first-order valence-electron chi connectivity index (χ1n) is 9.47. The molecule has 10 nitrogen and oxygen atoms in total. The molecule has 0 aliphatic rings. The van der Waals surface area contributed by atoms with Gasteiger partial charge in [0.05, 0.1) is 37.2 Å². The van der Waals surface area contributed by atoms with Crippen LogP contribution in [0.25, 0.3) is 0 Å². The van der Waals surface area contributed by atoms with Gasteiger partial charge < -0.3 is 9.47 Å². The normalized spacial score (nSPS) is 12.2. The monoisotopic (exact) mass is 500 g/mol. The number of esters is 2. The standard InChI is InChI=1S/C21H24O10S2/c1-15-5-9-17(10-6-15)32(24,25)30-13-21(19(22)28-3,20(23)29-4)14-31-33(26,27)18-11-7-16(2)8-12-18/h5-12H,13-14H2,1-4H3. The van der Waals surface area contributed by atoms with E-state index in [0.29, 0.717) is 0 Å². The van der Waals surface area contributed by atoms with Gasteiger partial charge in [0.2, 0.25) is 5.41 Å². The Balaban J connectivity index is 2.37. The molecule has 0 aliphatic carbocycles. The molecule has 0 saturated heterocycles. The van der Waals surface area contributed by atoms with E-state index in [1.54, 1.807) is 13.8 Å². The van der Waals surface area contributed by atoms with Crippen LogP contribution in [0, 0.1) is 19.3 Å². The van der Waals surface area contributed by atoms with Crippen molar-refractivity contribution in [2.75, 3.05) is 27.4 Å². The van der Waals surface area contributed by atoms with E-state index in [0.717, 1.165) is 25.3 Å². The number of aryl methyl sites for hydroxylation is 2. The van der Waals surface area contributed by atoms with Crippen LogP contribution in [0.4, 0.5) is 0 Å². The van der Waals surface area contributed by atoms with Crippen LogP contribution in [0.1, 0.15) is 11.1 Å². The molecule has 0 saturated carbocycles. The summed E-state index contributed by atoms with van der Waals surface area (Å²) in [6.45, 7) is 1.27. The molecular formula is C21H24O10S2. The molecular weight excluding hydrogens is 476 g/mol. The number of carbonyl (C=O) groups excluding carboxylic acids is 2. The zero-order valence-corrected chi connectivity index (χ0v) is 20.1. The SMILES string of the molecule is COC(=O)C(COS(=O)(=O)c1ccc(C)cc1)(COS(=O)(=O)c1ccc(C)cc1)C(=O)OC. The fraction of sp³-hybridized carbons (Fsp3) is 0.333. The van der Waals surface area contributed by atoms with Crippen LogP contribution in [-0.2, 0) is 47.7 Å². The molecule has 2 rings (SSSR count). The highest BCUT2D eigenvalue weighted by atomic mass is 32.2. The summed E-state index contributed by atoms with van der Waals surface area (Å²) in [5.74, 6) is -2.60. The summed E-state index contributed by atoms with van der Waals surface area (Å²) >= 11 is 0. The van der Waals surface area contributed by atoms with Crippen molar-refractivity contribution in [2.24, 2.45) is 5.41 Å². The van der Waals surface area contributed by atoms with Crippen LogP contribution in [0.3, 0.4) is 0 Å². The molecule has 0 spiro atoms. The highest BCUT2D eigenvalue weighted by Crippen LogP contribution is 2.27. The number of hydrogen-bond acceptors (Lipinski definition) is 10. The predicted molar refractivity (Wildman–Crippen MR) is 115 cm³/mol. The zero-order chi connectivity index (χ0) is 24.9. The third-order valence-corrected chi connectivity index (χ3v) is 7.25. The molecule has 0 radical (unpaired) electrons. The smallest absolute Gasteiger partial charge is 0.328 e. The molecule has 12 heteroatoms. The Hall–Kier alpha value is -2.80. The van der Waals surface area contributed by atoms with E-state index in [-0.39, 0.29) is 9.79 Å². The van der Waals surface area contributed by atoms with Gasteiger partial charge in [0.15, 0.2) is 0 Å². The second kappa shape index (κ2) is 10.4. The third-order valence-electron chi connectivity index (χ3n) is 4.69. The zero-order valence-electron chi connectivity index (χ0n) is 18.4. The van der Waals surface area contributed by atoms with E-state index < -0.39 is 50.8 Å². The van der Waals surface area contributed by atoms with Crippen LogP contribution in [0.5, 0.6) is 0 Å². The summed E-state index contributed by atoms with van der Waals surface area (Å²) in [7, 11) is -6.98. The number of carbonyl (C=O) groups is 2. The molecule has 0 N–H and O–H groups in total. The van der Waals surface area contributed by atoms with Crippen molar-refractivity contribution in [1.82, 2.24) is 0 Å². The van der Waals surface area contributed by atoms with E-state index in [4.69, 9.17) is 8.37 Å². The van der Waals surface area contributed by atoms with Crippen molar-refractivity contribution >= 4 is 32.2 Å². The van der Waals surface area contributed by atoms with Crippen LogP contribution >= 0.6 is 0 Å². The van der Waals surface area contributed by atoms with Crippen molar-refractivity contribution in [3.8, 4) is 0 Å². The molecule has 0 heterocycles. The highest BCUT2D eigenvalue weighted by molar-refractivity contribution is 7.87. The number of ether oxygens (including phenoxy) is 2. The largest absolute Gasteiger partial charge is 0.468 e. The van der Waals surface area contributed by atoms with E-state index in [1.807, 2.05) is 0 Å². The first-order chi connectivity index (χ1) is 15.4. The summed E-state index contributed by atoms with van der Waals surface area (Å²) in [6.07, 6.45) is 0. The van der Waals surface area contributed by atoms with Gasteiger partial charge in [-0.3, -0.25) is 18.0 Å². The van der Waals surface area contributed by atoms with Crippen LogP contribution in [-0.4, -0.2) is 56.2 Å². The molecule has 180 valence electrons. The third kappa shape index (κ3) is 6.16. The number of methoxy groups -OCH3 is 2. The average molecular weight is 501 g/mol. The highest BCUT2D eigenvalue weighted by Gasteiger charge is 2.52. The topological polar surface area (TPSA) is 139 Å². The minimum atomic E-state index is -4.42. The maximum absolute atomic E-state index is 12.6. The summed E-state index contributed by atoms with van der Waals surface area (Å²) in [5.41, 5.74) is -0.955. The quantitative estimate of drug-likeness (QED) is 0.269. The van der Waals surface area contributed by atoms with Gasteiger partial charge in [-0.25, -0.2) is 0 Å². The first kappa shape index (κ1) is 26.5. The molecule has 0 amide bonds. The summed E-state index contributed by atoms with van der Waals surface area (Å²) in [5, 5.41) is 0. The summed E-state index contributed by atoms with van der Waals surface area (Å²) in [4.78, 5) is 24.7. The van der Waals surface area contributed by atoms with Crippen molar-refractivity contribution < 1.29 is 44.3 Å². The second-order valence-corrected chi connectivity index (χ2v) is 10.4. The molecule has 0 unspecified atom stereocenters. The van der Waals surface area contributed by atoms with E-state index in [1.165, 1.54) is 48.5 Å².